The van der Waals surface area contributed by atoms with E-state index >= 15 is 0 Å². The first-order valence-electron chi connectivity index (χ1n) is 9.16. The van der Waals surface area contributed by atoms with Crippen LogP contribution in [0.5, 0.6) is 5.75 Å². The van der Waals surface area contributed by atoms with Crippen molar-refractivity contribution in [3.05, 3.63) is 71.4 Å². The van der Waals surface area contributed by atoms with Gasteiger partial charge in [0.25, 0.3) is 11.8 Å². The Bertz CT molecular complexity index is 1090. The molecule has 2 aliphatic heterocycles. The maximum Gasteiger partial charge on any atom is 0.292 e. The third kappa shape index (κ3) is 3.12. The molecule has 8 heteroatoms. The Hall–Kier alpha value is -3.68. The number of hydrogen-bond acceptors (Lipinski definition) is 5. The number of carbonyl (C=O) groups excluding carboxylic acids is 2. The number of hydrogen-bond donors (Lipinski definition) is 1. The summed E-state index contributed by atoms with van der Waals surface area (Å²) in [6.07, 6.45) is 1.24. The first-order chi connectivity index (χ1) is 14.1. The van der Waals surface area contributed by atoms with Crippen LogP contribution in [-0.4, -0.2) is 41.1 Å². The monoisotopic (exact) mass is 393 g/mol. The Labute approximate surface area is 165 Å². The zero-order valence-electron chi connectivity index (χ0n) is 15.2. The molecule has 0 radical (unpaired) electrons. The molecule has 0 spiro atoms. The van der Waals surface area contributed by atoms with Gasteiger partial charge in [-0.1, -0.05) is 17.3 Å². The largest absolute Gasteiger partial charge is 0.486 e. The molecule has 3 heterocycles. The summed E-state index contributed by atoms with van der Waals surface area (Å²) in [6.45, 7) is 1.27. The van der Waals surface area contributed by atoms with Crippen molar-refractivity contribution in [2.24, 2.45) is 0 Å². The predicted molar refractivity (Wildman–Crippen MR) is 99.8 cm³/mol. The zero-order chi connectivity index (χ0) is 20.0. The molecule has 3 aromatic rings. The van der Waals surface area contributed by atoms with E-state index in [0.717, 1.165) is 11.1 Å². The molecule has 2 amide bonds. The maximum absolute atomic E-state index is 13.3. The minimum Gasteiger partial charge on any atom is -0.486 e. The number of fused-ring (bicyclic) bond motifs is 1. The molecule has 1 aromatic heterocycles. The lowest BCUT2D eigenvalue weighted by molar-refractivity contribution is 0.0151. The second-order valence-corrected chi connectivity index (χ2v) is 7.02. The van der Waals surface area contributed by atoms with Gasteiger partial charge in [0.2, 0.25) is 5.76 Å². The molecule has 0 unspecified atom stereocenters. The van der Waals surface area contributed by atoms with E-state index in [1.807, 2.05) is 6.07 Å². The number of aromatic nitrogens is 1. The molecule has 0 bridgehead atoms. The highest BCUT2D eigenvalue weighted by Gasteiger charge is 2.35. The molecule has 146 valence electrons. The van der Waals surface area contributed by atoms with Gasteiger partial charge in [0, 0.05) is 23.7 Å². The Morgan fingerprint density at radius 3 is 2.69 bits per heavy atom. The fourth-order valence-electron chi connectivity index (χ4n) is 3.54. The average molecular weight is 393 g/mol. The summed E-state index contributed by atoms with van der Waals surface area (Å²) in [5.41, 5.74) is 2.90. The van der Waals surface area contributed by atoms with Gasteiger partial charge in [-0.3, -0.25) is 9.59 Å². The summed E-state index contributed by atoms with van der Waals surface area (Å²) in [5.74, 6) is 0.0871. The van der Waals surface area contributed by atoms with E-state index in [1.165, 1.54) is 24.4 Å². The van der Waals surface area contributed by atoms with Gasteiger partial charge < -0.3 is 19.5 Å². The van der Waals surface area contributed by atoms with E-state index in [1.54, 1.807) is 23.1 Å². The SMILES string of the molecule is O=C1NCc2cc(OC3CN(C(=O)c4ccno4)C3)c(-c3ccc(F)cc3)cc21. The van der Waals surface area contributed by atoms with Crippen molar-refractivity contribution >= 4 is 11.8 Å². The van der Waals surface area contributed by atoms with Gasteiger partial charge in [-0.2, -0.15) is 0 Å². The average Bonchev–Trinajstić information content (AvgIpc) is 3.34. The highest BCUT2D eigenvalue weighted by atomic mass is 19.1. The van der Waals surface area contributed by atoms with Crippen LogP contribution in [0.4, 0.5) is 4.39 Å². The first-order valence-corrected chi connectivity index (χ1v) is 9.16. The molecule has 2 aliphatic rings. The molecular weight excluding hydrogens is 377 g/mol. The fraction of sp³-hybridized carbons (Fsp3) is 0.190. The van der Waals surface area contributed by atoms with Crippen LogP contribution in [0.3, 0.4) is 0 Å². The predicted octanol–water partition coefficient (Wildman–Crippen LogP) is 2.63. The Morgan fingerprint density at radius 2 is 1.97 bits per heavy atom. The number of likely N-dealkylation sites (tertiary alicyclic amines) is 1. The number of nitrogens with zero attached hydrogens (tertiary/aromatic N) is 2. The second kappa shape index (κ2) is 6.73. The Morgan fingerprint density at radius 1 is 1.17 bits per heavy atom. The van der Waals surface area contributed by atoms with Crippen molar-refractivity contribution in [2.75, 3.05) is 13.1 Å². The lowest BCUT2D eigenvalue weighted by Gasteiger charge is -2.38. The van der Waals surface area contributed by atoms with E-state index in [9.17, 15) is 14.0 Å². The van der Waals surface area contributed by atoms with Gasteiger partial charge in [-0.15, -0.1) is 0 Å². The molecule has 2 aromatic carbocycles. The van der Waals surface area contributed by atoms with Crippen molar-refractivity contribution in [1.82, 2.24) is 15.4 Å². The summed E-state index contributed by atoms with van der Waals surface area (Å²) >= 11 is 0. The van der Waals surface area contributed by atoms with Gasteiger partial charge in [0.1, 0.15) is 17.7 Å². The van der Waals surface area contributed by atoms with Crippen LogP contribution in [0.15, 0.2) is 53.2 Å². The summed E-state index contributed by atoms with van der Waals surface area (Å²) < 4.78 is 24.4. The first kappa shape index (κ1) is 17.4. The van der Waals surface area contributed by atoms with Crippen LogP contribution >= 0.6 is 0 Å². The van der Waals surface area contributed by atoms with Crippen LogP contribution in [0.1, 0.15) is 26.5 Å². The van der Waals surface area contributed by atoms with Crippen LogP contribution in [0.2, 0.25) is 0 Å². The molecule has 7 nitrogen and oxygen atoms in total. The van der Waals surface area contributed by atoms with Crippen LogP contribution in [0.25, 0.3) is 11.1 Å². The van der Waals surface area contributed by atoms with Crippen molar-refractivity contribution in [1.29, 1.82) is 0 Å². The third-order valence-corrected chi connectivity index (χ3v) is 5.12. The van der Waals surface area contributed by atoms with E-state index in [2.05, 4.69) is 10.5 Å². The van der Waals surface area contributed by atoms with E-state index in [-0.39, 0.29) is 29.5 Å². The molecule has 1 saturated heterocycles. The number of halogens is 1. The molecule has 5 rings (SSSR count). The van der Waals surface area contributed by atoms with Crippen molar-refractivity contribution < 1.29 is 23.2 Å². The molecule has 1 N–H and O–H groups in total. The van der Waals surface area contributed by atoms with Crippen LogP contribution < -0.4 is 10.1 Å². The summed E-state index contributed by atoms with van der Waals surface area (Å²) in [6, 6.07) is 11.2. The van der Waals surface area contributed by atoms with E-state index in [4.69, 9.17) is 9.26 Å². The maximum atomic E-state index is 13.3. The summed E-state index contributed by atoms with van der Waals surface area (Å²) in [4.78, 5) is 25.9. The van der Waals surface area contributed by atoms with Gasteiger partial charge in [0.05, 0.1) is 19.3 Å². The standard InChI is InChI=1S/C21H16FN3O4/c22-14-3-1-12(2-4-14)16-8-17-13(9-23-20(17)26)7-19(16)28-15-10-25(11-15)21(27)18-5-6-24-29-18/h1-8,15H,9-11H2,(H,23,26). The smallest absolute Gasteiger partial charge is 0.292 e. The van der Waals surface area contributed by atoms with E-state index in [0.29, 0.717) is 36.5 Å². The highest BCUT2D eigenvalue weighted by molar-refractivity contribution is 6.00. The number of rotatable bonds is 4. The molecule has 1 fully saturated rings. The number of amides is 2. The van der Waals surface area contributed by atoms with Crippen LogP contribution in [0, 0.1) is 5.82 Å². The number of ether oxygens (including phenoxy) is 1. The molecular formula is C21H16FN3O4. The normalized spacial score (nSPS) is 15.6. The van der Waals surface area contributed by atoms with Crippen molar-refractivity contribution in [3.63, 3.8) is 0 Å². The zero-order valence-corrected chi connectivity index (χ0v) is 15.2. The Kier molecular flexibility index (Phi) is 4.04. The fourth-order valence-corrected chi connectivity index (χ4v) is 3.54. The van der Waals surface area contributed by atoms with E-state index < -0.39 is 0 Å². The highest BCUT2D eigenvalue weighted by Crippen LogP contribution is 2.36. The van der Waals surface area contributed by atoms with Crippen molar-refractivity contribution in [3.8, 4) is 16.9 Å². The topological polar surface area (TPSA) is 84.7 Å². The minimum absolute atomic E-state index is 0.137. The Balaban J connectivity index is 1.39. The van der Waals surface area contributed by atoms with Gasteiger partial charge >= 0.3 is 0 Å². The molecule has 0 atom stereocenters. The number of benzene rings is 2. The lowest BCUT2D eigenvalue weighted by atomic mass is 9.98. The molecule has 0 saturated carbocycles. The minimum atomic E-state index is -0.337. The third-order valence-electron chi connectivity index (χ3n) is 5.12. The number of nitrogens with one attached hydrogen (secondary N) is 1. The number of carbonyl (C=O) groups is 2. The second-order valence-electron chi connectivity index (χ2n) is 7.02. The quantitative estimate of drug-likeness (QED) is 0.737. The summed E-state index contributed by atoms with van der Waals surface area (Å²) in [7, 11) is 0. The molecule has 29 heavy (non-hydrogen) atoms. The van der Waals surface area contributed by atoms with Gasteiger partial charge in [0.15, 0.2) is 0 Å². The summed E-state index contributed by atoms with van der Waals surface area (Å²) in [5, 5.41) is 6.34. The van der Waals surface area contributed by atoms with Gasteiger partial charge in [-0.05, 0) is 35.4 Å². The van der Waals surface area contributed by atoms with Crippen LogP contribution in [-0.2, 0) is 6.54 Å². The van der Waals surface area contributed by atoms with Crippen molar-refractivity contribution in [2.45, 2.75) is 12.6 Å². The molecule has 0 aliphatic carbocycles. The lowest BCUT2D eigenvalue weighted by Crippen LogP contribution is -2.56. The van der Waals surface area contributed by atoms with Gasteiger partial charge in [-0.25, -0.2) is 4.39 Å².